The van der Waals surface area contributed by atoms with Crippen LogP contribution in [0.1, 0.15) is 57.9 Å². The number of aromatic nitrogens is 1. The van der Waals surface area contributed by atoms with Crippen LogP contribution in [0.2, 0.25) is 0 Å². The van der Waals surface area contributed by atoms with Gasteiger partial charge in [-0.15, -0.1) is 0 Å². The number of carbonyl (C=O) groups excluding carboxylic acids is 1. The van der Waals surface area contributed by atoms with Gasteiger partial charge in [-0.25, -0.2) is 4.79 Å². The highest BCUT2D eigenvalue weighted by Gasteiger charge is 2.46. The third-order valence-corrected chi connectivity index (χ3v) is 5.01. The van der Waals surface area contributed by atoms with Crippen molar-refractivity contribution >= 4 is 6.09 Å². The van der Waals surface area contributed by atoms with Gasteiger partial charge in [-0.3, -0.25) is 4.98 Å². The molecule has 1 spiro atoms. The second-order valence-electron chi connectivity index (χ2n) is 7.85. The largest absolute Gasteiger partial charge is 0.444 e. The predicted molar refractivity (Wildman–Crippen MR) is 85.7 cm³/mol. The average molecular weight is 302 g/mol. The van der Waals surface area contributed by atoms with E-state index >= 15 is 0 Å². The van der Waals surface area contributed by atoms with E-state index in [0.717, 1.165) is 25.9 Å². The Hall–Kier alpha value is -1.58. The van der Waals surface area contributed by atoms with E-state index in [1.54, 1.807) is 0 Å². The van der Waals surface area contributed by atoms with E-state index in [1.165, 1.54) is 18.4 Å². The summed E-state index contributed by atoms with van der Waals surface area (Å²) in [5.41, 5.74) is 1.46. The van der Waals surface area contributed by atoms with Crippen LogP contribution in [0.3, 0.4) is 0 Å². The molecule has 1 aromatic rings. The molecule has 0 radical (unpaired) electrons. The summed E-state index contributed by atoms with van der Waals surface area (Å²) in [7, 11) is 0. The number of carbonyl (C=O) groups is 1. The normalized spacial score (nSPS) is 21.5. The van der Waals surface area contributed by atoms with Crippen molar-refractivity contribution in [1.82, 2.24) is 9.88 Å². The van der Waals surface area contributed by atoms with Gasteiger partial charge in [0.25, 0.3) is 0 Å². The van der Waals surface area contributed by atoms with Crippen molar-refractivity contribution in [2.75, 3.05) is 13.1 Å². The van der Waals surface area contributed by atoms with Crippen molar-refractivity contribution in [2.45, 2.75) is 58.0 Å². The Balaban J connectivity index is 1.50. The molecule has 3 rings (SSSR count). The molecule has 120 valence electrons. The Morgan fingerprint density at radius 3 is 2.36 bits per heavy atom. The number of rotatable bonds is 1. The third kappa shape index (κ3) is 3.26. The summed E-state index contributed by atoms with van der Waals surface area (Å²) in [6, 6.07) is 4.26. The van der Waals surface area contributed by atoms with E-state index in [2.05, 4.69) is 17.1 Å². The molecule has 4 heteroatoms. The highest BCUT2D eigenvalue weighted by Crippen LogP contribution is 2.56. The van der Waals surface area contributed by atoms with Crippen molar-refractivity contribution in [3.05, 3.63) is 30.1 Å². The molecule has 2 heterocycles. The van der Waals surface area contributed by atoms with Crippen LogP contribution in [0, 0.1) is 5.41 Å². The van der Waals surface area contributed by atoms with Crippen molar-refractivity contribution in [2.24, 2.45) is 5.41 Å². The van der Waals surface area contributed by atoms with Crippen LogP contribution < -0.4 is 0 Å². The monoisotopic (exact) mass is 302 g/mol. The maximum absolute atomic E-state index is 12.1. The van der Waals surface area contributed by atoms with E-state index in [4.69, 9.17) is 4.74 Å². The predicted octanol–water partition coefficient (Wildman–Crippen LogP) is 3.98. The van der Waals surface area contributed by atoms with Crippen molar-refractivity contribution in [3.8, 4) is 0 Å². The summed E-state index contributed by atoms with van der Waals surface area (Å²) >= 11 is 0. The summed E-state index contributed by atoms with van der Waals surface area (Å²) in [5.74, 6) is 0.677. The number of hydrogen-bond donors (Lipinski definition) is 0. The van der Waals surface area contributed by atoms with Crippen LogP contribution in [0.15, 0.2) is 24.5 Å². The quantitative estimate of drug-likeness (QED) is 0.788. The average Bonchev–Trinajstić information content (AvgIpc) is 2.44. The fourth-order valence-electron chi connectivity index (χ4n) is 3.76. The van der Waals surface area contributed by atoms with Gasteiger partial charge in [-0.2, -0.15) is 0 Å². The summed E-state index contributed by atoms with van der Waals surface area (Å²) < 4.78 is 5.47. The molecular formula is C18H26N2O2. The van der Waals surface area contributed by atoms with Crippen LogP contribution >= 0.6 is 0 Å². The van der Waals surface area contributed by atoms with Crippen molar-refractivity contribution < 1.29 is 9.53 Å². The van der Waals surface area contributed by atoms with E-state index in [0.29, 0.717) is 11.3 Å². The number of amides is 1. The molecule has 0 aromatic carbocycles. The first kappa shape index (κ1) is 15.3. The number of piperidine rings is 1. The van der Waals surface area contributed by atoms with Gasteiger partial charge in [0.2, 0.25) is 0 Å². The molecule has 2 aliphatic rings. The number of pyridine rings is 1. The Morgan fingerprint density at radius 2 is 1.82 bits per heavy atom. The number of hydrogen-bond acceptors (Lipinski definition) is 3. The Morgan fingerprint density at radius 1 is 1.23 bits per heavy atom. The van der Waals surface area contributed by atoms with Gasteiger partial charge < -0.3 is 9.64 Å². The zero-order valence-electron chi connectivity index (χ0n) is 13.8. The molecule has 0 N–H and O–H groups in total. The second kappa shape index (κ2) is 5.56. The molecule has 2 fully saturated rings. The summed E-state index contributed by atoms with van der Waals surface area (Å²) in [4.78, 5) is 18.1. The van der Waals surface area contributed by atoms with Gasteiger partial charge in [0.05, 0.1) is 0 Å². The topological polar surface area (TPSA) is 42.4 Å². The van der Waals surface area contributed by atoms with E-state index in [1.807, 2.05) is 38.1 Å². The van der Waals surface area contributed by atoms with Gasteiger partial charge in [0.15, 0.2) is 0 Å². The first-order chi connectivity index (χ1) is 10.4. The lowest BCUT2D eigenvalue weighted by Gasteiger charge is -2.52. The van der Waals surface area contributed by atoms with Crippen LogP contribution in [0.4, 0.5) is 4.79 Å². The molecule has 4 nitrogen and oxygen atoms in total. The first-order valence-corrected chi connectivity index (χ1v) is 8.25. The minimum Gasteiger partial charge on any atom is -0.444 e. The zero-order valence-corrected chi connectivity index (χ0v) is 13.8. The highest BCUT2D eigenvalue weighted by molar-refractivity contribution is 5.68. The molecule has 0 unspecified atom stereocenters. The number of likely N-dealkylation sites (tertiary alicyclic amines) is 1. The van der Waals surface area contributed by atoms with Gasteiger partial charge in [-0.05, 0) is 75.5 Å². The molecule has 1 saturated carbocycles. The molecule has 1 aromatic heterocycles. The molecule has 0 bridgehead atoms. The second-order valence-corrected chi connectivity index (χ2v) is 7.85. The van der Waals surface area contributed by atoms with E-state index in [-0.39, 0.29) is 6.09 Å². The first-order valence-electron chi connectivity index (χ1n) is 8.25. The molecule has 1 aliphatic carbocycles. The summed E-state index contributed by atoms with van der Waals surface area (Å²) in [5, 5.41) is 0. The van der Waals surface area contributed by atoms with Crippen LogP contribution in [0.5, 0.6) is 0 Å². The van der Waals surface area contributed by atoms with Crippen molar-refractivity contribution in [1.29, 1.82) is 0 Å². The molecular weight excluding hydrogens is 276 g/mol. The van der Waals surface area contributed by atoms with Crippen LogP contribution in [0.25, 0.3) is 0 Å². The molecule has 1 aliphatic heterocycles. The minimum atomic E-state index is -0.408. The molecule has 1 saturated heterocycles. The lowest BCUT2D eigenvalue weighted by atomic mass is 9.56. The highest BCUT2D eigenvalue weighted by atomic mass is 16.6. The van der Waals surface area contributed by atoms with E-state index in [9.17, 15) is 4.79 Å². The SMILES string of the molecule is CC(C)(C)OC(=O)N1CCC2(CC1)CC(c1ccncc1)C2. The molecule has 1 amide bonds. The number of ether oxygens (including phenoxy) is 1. The number of nitrogens with zero attached hydrogens (tertiary/aromatic N) is 2. The van der Waals surface area contributed by atoms with Gasteiger partial charge >= 0.3 is 6.09 Å². The standard InChI is InChI=1S/C18H26N2O2/c1-17(2,3)22-16(21)20-10-6-18(7-11-20)12-15(13-18)14-4-8-19-9-5-14/h4-5,8-9,15H,6-7,10-13H2,1-3H3. The molecule has 22 heavy (non-hydrogen) atoms. The Labute approximate surface area is 132 Å². The summed E-state index contributed by atoms with van der Waals surface area (Å²) in [6.07, 6.45) is 8.31. The van der Waals surface area contributed by atoms with Crippen LogP contribution in [-0.2, 0) is 4.74 Å². The summed E-state index contributed by atoms with van der Waals surface area (Å²) in [6.45, 7) is 7.42. The smallest absolute Gasteiger partial charge is 0.410 e. The van der Waals surface area contributed by atoms with E-state index < -0.39 is 5.60 Å². The maximum Gasteiger partial charge on any atom is 0.410 e. The lowest BCUT2D eigenvalue weighted by Crippen LogP contribution is -2.49. The minimum absolute atomic E-state index is 0.160. The Kier molecular flexibility index (Phi) is 3.87. The third-order valence-electron chi connectivity index (χ3n) is 5.01. The molecule has 0 atom stereocenters. The maximum atomic E-state index is 12.1. The fourth-order valence-corrected chi connectivity index (χ4v) is 3.76. The van der Waals surface area contributed by atoms with Gasteiger partial charge in [0.1, 0.15) is 5.60 Å². The van der Waals surface area contributed by atoms with Gasteiger partial charge in [-0.1, -0.05) is 0 Å². The zero-order chi connectivity index (χ0) is 15.8. The van der Waals surface area contributed by atoms with Crippen molar-refractivity contribution in [3.63, 3.8) is 0 Å². The Bertz CT molecular complexity index is 520. The van der Waals surface area contributed by atoms with Crippen LogP contribution in [-0.4, -0.2) is 34.7 Å². The lowest BCUT2D eigenvalue weighted by molar-refractivity contribution is -0.0121. The fraction of sp³-hybridized carbons (Fsp3) is 0.667. The van der Waals surface area contributed by atoms with Gasteiger partial charge in [0, 0.05) is 25.5 Å².